The van der Waals surface area contributed by atoms with E-state index in [4.69, 9.17) is 4.74 Å². The SMILES string of the molecule is C=CCC1(C(O)C/C=C/[C@H]2C(O)CC(=O)C2SCc2ccc(C(=O)OC)cc2)CCC1. The average Bonchev–Trinajstić information content (AvgIpc) is 3.01. The lowest BCUT2D eigenvalue weighted by molar-refractivity contribution is -0.117. The first kappa shape index (κ1) is 23.8. The van der Waals surface area contributed by atoms with Crippen molar-refractivity contribution in [3.63, 3.8) is 0 Å². The third kappa shape index (κ3) is 5.48. The monoisotopic (exact) mass is 444 g/mol. The zero-order valence-corrected chi connectivity index (χ0v) is 18.9. The summed E-state index contributed by atoms with van der Waals surface area (Å²) in [5, 5.41) is 20.8. The first-order valence-corrected chi connectivity index (χ1v) is 11.9. The molecule has 0 radical (unpaired) electrons. The Balaban J connectivity index is 1.58. The number of carbonyl (C=O) groups is 2. The number of aliphatic hydroxyl groups excluding tert-OH is 2. The minimum absolute atomic E-state index is 0.0548. The zero-order valence-electron chi connectivity index (χ0n) is 18.0. The Morgan fingerprint density at radius 2 is 2.06 bits per heavy atom. The average molecular weight is 445 g/mol. The number of esters is 1. The molecule has 2 saturated carbocycles. The molecule has 0 aliphatic heterocycles. The van der Waals surface area contributed by atoms with Crippen LogP contribution in [-0.4, -0.2) is 46.5 Å². The van der Waals surface area contributed by atoms with Gasteiger partial charge in [-0.15, -0.1) is 18.3 Å². The number of methoxy groups -OCH3 is 1. The van der Waals surface area contributed by atoms with Crippen molar-refractivity contribution in [2.24, 2.45) is 11.3 Å². The van der Waals surface area contributed by atoms with Gasteiger partial charge in [0.25, 0.3) is 0 Å². The quantitative estimate of drug-likeness (QED) is 0.418. The van der Waals surface area contributed by atoms with Crippen LogP contribution in [0.25, 0.3) is 0 Å². The summed E-state index contributed by atoms with van der Waals surface area (Å²) in [6, 6.07) is 7.14. The fraction of sp³-hybridized carbons (Fsp3) is 0.520. The molecule has 0 aromatic heterocycles. The van der Waals surface area contributed by atoms with Crippen LogP contribution in [0.15, 0.2) is 49.1 Å². The predicted molar refractivity (Wildman–Crippen MR) is 123 cm³/mol. The van der Waals surface area contributed by atoms with Crippen LogP contribution in [0.3, 0.4) is 0 Å². The molecule has 2 aliphatic rings. The fourth-order valence-electron chi connectivity index (χ4n) is 4.56. The van der Waals surface area contributed by atoms with Crippen LogP contribution in [0.1, 0.15) is 54.4 Å². The molecule has 0 saturated heterocycles. The standard InChI is InChI=1S/C25H32O5S/c1-3-12-25(13-5-14-25)22(28)7-4-6-19-20(26)15-21(27)23(19)31-16-17-8-10-18(11-9-17)24(29)30-2/h3-4,6,8-11,19-20,22-23,26,28H,1,5,7,12-16H2,2H3/b6-4+/t19-,20?,22?,23?/m0/s1. The van der Waals surface area contributed by atoms with Crippen molar-refractivity contribution < 1.29 is 24.5 Å². The van der Waals surface area contributed by atoms with E-state index < -0.39 is 12.2 Å². The number of Topliss-reactive ketones (excluding diaryl/α,β-unsaturated/α-hetero) is 1. The van der Waals surface area contributed by atoms with Crippen molar-refractivity contribution in [1.82, 2.24) is 0 Å². The van der Waals surface area contributed by atoms with E-state index in [1.165, 1.54) is 18.9 Å². The van der Waals surface area contributed by atoms with Crippen molar-refractivity contribution in [2.75, 3.05) is 7.11 Å². The lowest BCUT2D eigenvalue weighted by Crippen LogP contribution is -2.40. The van der Waals surface area contributed by atoms with Crippen LogP contribution < -0.4 is 0 Å². The van der Waals surface area contributed by atoms with Gasteiger partial charge in [0.05, 0.1) is 30.1 Å². The van der Waals surface area contributed by atoms with E-state index in [0.717, 1.165) is 31.2 Å². The highest BCUT2D eigenvalue weighted by molar-refractivity contribution is 7.99. The maximum atomic E-state index is 12.5. The van der Waals surface area contributed by atoms with Crippen LogP contribution in [0.2, 0.25) is 0 Å². The summed E-state index contributed by atoms with van der Waals surface area (Å²) in [5.41, 5.74) is 1.44. The Bertz CT molecular complexity index is 812. The van der Waals surface area contributed by atoms with Crippen molar-refractivity contribution >= 4 is 23.5 Å². The first-order valence-electron chi connectivity index (χ1n) is 10.9. The van der Waals surface area contributed by atoms with E-state index in [9.17, 15) is 19.8 Å². The third-order valence-corrected chi connectivity index (χ3v) is 8.09. The number of benzene rings is 1. The van der Waals surface area contributed by atoms with E-state index in [-0.39, 0.29) is 34.8 Å². The number of hydrogen-bond donors (Lipinski definition) is 2. The molecule has 0 heterocycles. The molecule has 1 aromatic rings. The summed E-state index contributed by atoms with van der Waals surface area (Å²) in [6.07, 6.45) is 9.30. The molecule has 6 heteroatoms. The number of rotatable bonds is 10. The number of ether oxygens (including phenoxy) is 1. The normalized spacial score (nSPS) is 25.9. The van der Waals surface area contributed by atoms with E-state index in [0.29, 0.717) is 17.7 Å². The molecule has 2 N–H and O–H groups in total. The Kier molecular flexibility index (Phi) is 8.14. The third-order valence-electron chi connectivity index (χ3n) is 6.65. The molecule has 5 nitrogen and oxygen atoms in total. The van der Waals surface area contributed by atoms with Gasteiger partial charge in [-0.3, -0.25) is 4.79 Å². The molecule has 2 aliphatic carbocycles. The number of hydrogen-bond acceptors (Lipinski definition) is 6. The number of aliphatic hydroxyl groups is 2. The summed E-state index contributed by atoms with van der Waals surface area (Å²) in [6.45, 7) is 3.82. The molecule has 168 valence electrons. The van der Waals surface area contributed by atoms with Crippen molar-refractivity contribution in [3.05, 3.63) is 60.2 Å². The summed E-state index contributed by atoms with van der Waals surface area (Å²) in [4.78, 5) is 24.0. The van der Waals surface area contributed by atoms with Crippen molar-refractivity contribution in [1.29, 1.82) is 0 Å². The Morgan fingerprint density at radius 3 is 2.65 bits per heavy atom. The molecule has 0 bridgehead atoms. The first-order chi connectivity index (χ1) is 14.9. The maximum Gasteiger partial charge on any atom is 0.337 e. The van der Waals surface area contributed by atoms with E-state index >= 15 is 0 Å². The zero-order chi connectivity index (χ0) is 22.4. The van der Waals surface area contributed by atoms with Crippen molar-refractivity contribution in [2.45, 2.75) is 61.7 Å². The fourth-order valence-corrected chi connectivity index (χ4v) is 5.90. The van der Waals surface area contributed by atoms with Gasteiger partial charge in [-0.2, -0.15) is 0 Å². The summed E-state index contributed by atoms with van der Waals surface area (Å²) in [7, 11) is 1.35. The Hall–Kier alpha value is -1.89. The second kappa shape index (κ2) is 10.6. The molecular weight excluding hydrogens is 412 g/mol. The topological polar surface area (TPSA) is 83.8 Å². The highest BCUT2D eigenvalue weighted by Gasteiger charge is 2.42. The molecule has 3 unspecified atom stereocenters. The van der Waals surface area contributed by atoms with Crippen LogP contribution in [0, 0.1) is 11.3 Å². The van der Waals surface area contributed by atoms with Gasteiger partial charge in [-0.1, -0.05) is 36.8 Å². The number of ketones is 1. The largest absolute Gasteiger partial charge is 0.465 e. The number of allylic oxidation sites excluding steroid dienone is 1. The Labute approximate surface area is 188 Å². The molecule has 3 rings (SSSR count). The number of thioether (sulfide) groups is 1. The smallest absolute Gasteiger partial charge is 0.337 e. The van der Waals surface area contributed by atoms with E-state index in [1.54, 1.807) is 12.1 Å². The van der Waals surface area contributed by atoms with Gasteiger partial charge in [-0.25, -0.2) is 4.79 Å². The van der Waals surface area contributed by atoms with E-state index in [1.807, 2.05) is 30.4 Å². The van der Waals surface area contributed by atoms with Gasteiger partial charge >= 0.3 is 5.97 Å². The van der Waals surface area contributed by atoms with Gasteiger partial charge in [0.2, 0.25) is 0 Å². The molecule has 31 heavy (non-hydrogen) atoms. The van der Waals surface area contributed by atoms with Gasteiger partial charge in [0.15, 0.2) is 0 Å². The lowest BCUT2D eigenvalue weighted by Gasteiger charge is -2.45. The van der Waals surface area contributed by atoms with Gasteiger partial charge in [-0.05, 0) is 43.4 Å². The summed E-state index contributed by atoms with van der Waals surface area (Å²) in [5.74, 6) is 0.0363. The van der Waals surface area contributed by atoms with Crippen LogP contribution >= 0.6 is 11.8 Å². The minimum atomic E-state index is -0.689. The van der Waals surface area contributed by atoms with E-state index in [2.05, 4.69) is 6.58 Å². The van der Waals surface area contributed by atoms with Gasteiger partial charge in [0.1, 0.15) is 5.78 Å². The second-order valence-electron chi connectivity index (χ2n) is 8.62. The molecule has 4 atom stereocenters. The van der Waals surface area contributed by atoms with Crippen LogP contribution in [0.4, 0.5) is 0 Å². The summed E-state index contributed by atoms with van der Waals surface area (Å²) < 4.78 is 4.71. The second-order valence-corrected chi connectivity index (χ2v) is 9.75. The number of carbonyl (C=O) groups excluding carboxylic acids is 2. The van der Waals surface area contributed by atoms with Crippen LogP contribution in [0.5, 0.6) is 0 Å². The molecule has 0 amide bonds. The predicted octanol–water partition coefficient (Wildman–Crippen LogP) is 4.08. The van der Waals surface area contributed by atoms with Crippen LogP contribution in [-0.2, 0) is 15.3 Å². The Morgan fingerprint density at radius 1 is 1.35 bits per heavy atom. The minimum Gasteiger partial charge on any atom is -0.465 e. The van der Waals surface area contributed by atoms with Crippen molar-refractivity contribution in [3.8, 4) is 0 Å². The van der Waals surface area contributed by atoms with Gasteiger partial charge in [0, 0.05) is 23.5 Å². The molecule has 2 fully saturated rings. The highest BCUT2D eigenvalue weighted by Crippen LogP contribution is 2.48. The highest BCUT2D eigenvalue weighted by atomic mass is 32.2. The molecule has 1 aromatic carbocycles. The molecule has 0 spiro atoms. The molecular formula is C25H32O5S. The lowest BCUT2D eigenvalue weighted by atomic mass is 9.62. The summed E-state index contributed by atoms with van der Waals surface area (Å²) >= 11 is 1.51. The van der Waals surface area contributed by atoms with Gasteiger partial charge < -0.3 is 14.9 Å². The maximum absolute atomic E-state index is 12.5.